The van der Waals surface area contributed by atoms with Crippen LogP contribution < -0.4 is 5.32 Å². The molecule has 0 spiro atoms. The van der Waals surface area contributed by atoms with Crippen LogP contribution in [0, 0.1) is 13.8 Å². The Morgan fingerprint density at radius 1 is 1.40 bits per heavy atom. The van der Waals surface area contributed by atoms with Crippen LogP contribution in [0.4, 0.5) is 0 Å². The Bertz CT molecular complexity index is 483. The van der Waals surface area contributed by atoms with E-state index in [1.807, 2.05) is 24.5 Å². The Hall–Kier alpha value is -1.33. The summed E-state index contributed by atoms with van der Waals surface area (Å²) in [7, 11) is 1.59. The molecule has 0 unspecified atom stereocenters. The molecular formula is C14H21ClN2O3. The van der Waals surface area contributed by atoms with Gasteiger partial charge in [-0.25, -0.2) is 0 Å². The fourth-order valence-electron chi connectivity index (χ4n) is 2.09. The molecule has 20 heavy (non-hydrogen) atoms. The molecule has 0 radical (unpaired) electrons. The number of Topliss-reactive ketones (excluding diaryl/α,β-unsaturated/α-hetero) is 1. The van der Waals surface area contributed by atoms with Gasteiger partial charge in [0.25, 0.3) is 0 Å². The normalized spacial score (nSPS) is 10.6. The van der Waals surface area contributed by atoms with Crippen LogP contribution in [-0.4, -0.2) is 42.4 Å². The molecule has 1 aromatic heterocycles. The van der Waals surface area contributed by atoms with Crippen LogP contribution in [0.2, 0.25) is 0 Å². The number of ketones is 1. The summed E-state index contributed by atoms with van der Waals surface area (Å²) in [6.07, 6.45) is 0.370. The number of amides is 1. The second-order valence-electron chi connectivity index (χ2n) is 4.59. The van der Waals surface area contributed by atoms with Gasteiger partial charge in [-0.3, -0.25) is 9.59 Å². The van der Waals surface area contributed by atoms with E-state index in [2.05, 4.69) is 5.32 Å². The highest BCUT2D eigenvalue weighted by molar-refractivity contribution is 6.30. The fraction of sp³-hybridized carbons (Fsp3) is 0.571. The number of nitrogens with zero attached hydrogens (tertiary/aromatic N) is 1. The van der Waals surface area contributed by atoms with Gasteiger partial charge in [0.1, 0.15) is 0 Å². The van der Waals surface area contributed by atoms with Crippen molar-refractivity contribution in [1.29, 1.82) is 0 Å². The van der Waals surface area contributed by atoms with Gasteiger partial charge in [0.15, 0.2) is 5.78 Å². The maximum absolute atomic E-state index is 11.7. The van der Waals surface area contributed by atoms with Crippen LogP contribution >= 0.6 is 11.6 Å². The first kappa shape index (κ1) is 16.7. The van der Waals surface area contributed by atoms with E-state index in [4.69, 9.17) is 16.3 Å². The van der Waals surface area contributed by atoms with Gasteiger partial charge in [-0.05, 0) is 19.9 Å². The molecule has 0 aromatic carbocycles. The number of aryl methyl sites for hydroxylation is 1. The lowest BCUT2D eigenvalue weighted by Crippen LogP contribution is -2.27. The van der Waals surface area contributed by atoms with Crippen molar-refractivity contribution in [1.82, 2.24) is 9.88 Å². The largest absolute Gasteiger partial charge is 0.383 e. The molecule has 0 bridgehead atoms. The zero-order valence-corrected chi connectivity index (χ0v) is 12.9. The number of methoxy groups -OCH3 is 1. The number of hydrogen-bond acceptors (Lipinski definition) is 3. The van der Waals surface area contributed by atoms with Gasteiger partial charge in [0.2, 0.25) is 5.91 Å². The Morgan fingerprint density at radius 3 is 2.70 bits per heavy atom. The lowest BCUT2D eigenvalue weighted by atomic mass is 10.2. The van der Waals surface area contributed by atoms with Crippen molar-refractivity contribution < 1.29 is 14.3 Å². The molecule has 1 heterocycles. The number of ether oxygens (including phenoxy) is 1. The number of aromatic nitrogens is 1. The van der Waals surface area contributed by atoms with E-state index in [0.717, 1.165) is 11.4 Å². The van der Waals surface area contributed by atoms with Gasteiger partial charge < -0.3 is 14.6 Å². The van der Waals surface area contributed by atoms with E-state index in [1.54, 1.807) is 7.11 Å². The Balaban J connectivity index is 2.62. The zero-order chi connectivity index (χ0) is 15.1. The lowest BCUT2D eigenvalue weighted by Gasteiger charge is -2.10. The first-order chi connectivity index (χ1) is 9.51. The van der Waals surface area contributed by atoms with Gasteiger partial charge >= 0.3 is 0 Å². The van der Waals surface area contributed by atoms with E-state index in [1.165, 1.54) is 0 Å². The molecule has 1 amide bonds. The fourth-order valence-corrected chi connectivity index (χ4v) is 2.24. The average Bonchev–Trinajstić information content (AvgIpc) is 2.71. The monoisotopic (exact) mass is 300 g/mol. The summed E-state index contributed by atoms with van der Waals surface area (Å²) in [4.78, 5) is 23.3. The second kappa shape index (κ2) is 8.07. The third kappa shape index (κ3) is 4.35. The molecular weight excluding hydrogens is 280 g/mol. The number of nitrogens with one attached hydrogen (secondary N) is 1. The third-order valence-electron chi connectivity index (χ3n) is 3.19. The predicted octanol–water partition coefficient (Wildman–Crippen LogP) is 1.68. The topological polar surface area (TPSA) is 60.3 Å². The minimum Gasteiger partial charge on any atom is -0.383 e. The number of carbonyl (C=O) groups is 2. The zero-order valence-electron chi connectivity index (χ0n) is 12.2. The predicted molar refractivity (Wildman–Crippen MR) is 78.5 cm³/mol. The maximum atomic E-state index is 11.7. The van der Waals surface area contributed by atoms with Crippen molar-refractivity contribution in [2.75, 3.05) is 26.1 Å². The van der Waals surface area contributed by atoms with Crippen molar-refractivity contribution in [2.24, 2.45) is 0 Å². The Kier molecular flexibility index (Phi) is 6.75. The van der Waals surface area contributed by atoms with E-state index in [-0.39, 0.29) is 17.6 Å². The van der Waals surface area contributed by atoms with Crippen molar-refractivity contribution in [3.8, 4) is 0 Å². The molecule has 6 heteroatoms. The summed E-state index contributed by atoms with van der Waals surface area (Å²) in [6, 6.07) is 1.82. The minimum absolute atomic E-state index is 0.0260. The average molecular weight is 301 g/mol. The maximum Gasteiger partial charge on any atom is 0.221 e. The van der Waals surface area contributed by atoms with Crippen LogP contribution in [0.5, 0.6) is 0 Å². The molecule has 1 N–H and O–H groups in total. The summed E-state index contributed by atoms with van der Waals surface area (Å²) in [5.41, 5.74) is 2.45. The molecule has 0 atom stereocenters. The van der Waals surface area contributed by atoms with Crippen molar-refractivity contribution >= 4 is 23.3 Å². The van der Waals surface area contributed by atoms with Gasteiger partial charge in [0.05, 0.1) is 12.5 Å². The molecule has 0 aliphatic heterocycles. The van der Waals surface area contributed by atoms with Crippen molar-refractivity contribution in [2.45, 2.75) is 26.8 Å². The molecule has 0 saturated heterocycles. The van der Waals surface area contributed by atoms with Crippen molar-refractivity contribution in [3.05, 3.63) is 23.0 Å². The van der Waals surface area contributed by atoms with Crippen LogP contribution in [0.1, 0.15) is 28.2 Å². The first-order valence-corrected chi connectivity index (χ1v) is 7.06. The second-order valence-corrected chi connectivity index (χ2v) is 4.85. The highest BCUT2D eigenvalue weighted by atomic mass is 35.5. The number of rotatable bonds is 8. The molecule has 112 valence electrons. The van der Waals surface area contributed by atoms with Gasteiger partial charge in [-0.15, -0.1) is 11.6 Å². The van der Waals surface area contributed by atoms with Crippen LogP contribution in [0.15, 0.2) is 6.07 Å². The molecule has 0 aliphatic carbocycles. The molecule has 0 saturated carbocycles. The number of hydrogen-bond donors (Lipinski definition) is 1. The minimum atomic E-state index is -0.0874. The summed E-state index contributed by atoms with van der Waals surface area (Å²) < 4.78 is 6.83. The number of halogens is 1. The van der Waals surface area contributed by atoms with Gasteiger partial charge in [-0.2, -0.15) is 0 Å². The molecule has 0 fully saturated rings. The lowest BCUT2D eigenvalue weighted by molar-refractivity contribution is -0.121. The van der Waals surface area contributed by atoms with E-state index >= 15 is 0 Å². The van der Waals surface area contributed by atoms with Gasteiger partial charge in [0, 0.05) is 43.6 Å². The highest BCUT2D eigenvalue weighted by Gasteiger charge is 2.15. The van der Waals surface area contributed by atoms with E-state index in [0.29, 0.717) is 31.7 Å². The van der Waals surface area contributed by atoms with Crippen LogP contribution in [-0.2, 0) is 16.1 Å². The van der Waals surface area contributed by atoms with Crippen LogP contribution in [0.3, 0.4) is 0 Å². The third-order valence-corrected chi connectivity index (χ3v) is 3.43. The van der Waals surface area contributed by atoms with E-state index < -0.39 is 0 Å². The summed E-state index contributed by atoms with van der Waals surface area (Å²) in [6.45, 7) is 5.35. The van der Waals surface area contributed by atoms with E-state index in [9.17, 15) is 9.59 Å². The molecule has 1 aromatic rings. The molecule has 0 aliphatic rings. The summed E-state index contributed by atoms with van der Waals surface area (Å²) >= 11 is 5.58. The summed E-state index contributed by atoms with van der Waals surface area (Å²) in [5.74, 6) is -0.141. The SMILES string of the molecule is COCCNC(=O)CCn1c(C)cc(C(=O)CCl)c1C. The highest BCUT2D eigenvalue weighted by Crippen LogP contribution is 2.16. The number of carbonyl (C=O) groups excluding carboxylic acids is 2. The molecule has 5 nitrogen and oxygen atoms in total. The smallest absolute Gasteiger partial charge is 0.221 e. The van der Waals surface area contributed by atoms with Gasteiger partial charge in [-0.1, -0.05) is 0 Å². The van der Waals surface area contributed by atoms with Crippen LogP contribution in [0.25, 0.3) is 0 Å². The Morgan fingerprint density at radius 2 is 2.10 bits per heavy atom. The first-order valence-electron chi connectivity index (χ1n) is 6.52. The molecule has 1 rings (SSSR count). The Labute approximate surface area is 124 Å². The van der Waals surface area contributed by atoms with Crippen molar-refractivity contribution in [3.63, 3.8) is 0 Å². The summed E-state index contributed by atoms with van der Waals surface area (Å²) in [5, 5.41) is 2.77. The quantitative estimate of drug-likeness (QED) is 0.451. The standard InChI is InChI=1S/C14H21ClN2O3/c1-10-8-12(13(18)9-15)11(2)17(10)6-4-14(19)16-5-7-20-3/h8H,4-7,9H2,1-3H3,(H,16,19). The number of alkyl halides is 1.